The lowest BCUT2D eigenvalue weighted by atomic mass is 10.1. The van der Waals surface area contributed by atoms with E-state index in [0.717, 1.165) is 0 Å². The van der Waals surface area contributed by atoms with Crippen LogP contribution in [-0.4, -0.2) is 22.0 Å². The Balaban J connectivity index is 2.34. The van der Waals surface area contributed by atoms with E-state index < -0.39 is 11.9 Å². The number of aromatic nitrogens is 1. The summed E-state index contributed by atoms with van der Waals surface area (Å²) in [7, 11) is 0. The number of rotatable bonds is 4. The predicted molar refractivity (Wildman–Crippen MR) is 71.0 cm³/mol. The highest BCUT2D eigenvalue weighted by Gasteiger charge is 2.14. The van der Waals surface area contributed by atoms with Gasteiger partial charge in [-0.1, -0.05) is 12.1 Å². The van der Waals surface area contributed by atoms with Crippen molar-refractivity contribution in [1.29, 1.82) is 0 Å². The van der Waals surface area contributed by atoms with Crippen molar-refractivity contribution in [2.45, 2.75) is 6.92 Å². The van der Waals surface area contributed by atoms with Gasteiger partial charge in [-0.3, -0.25) is 4.79 Å². The summed E-state index contributed by atoms with van der Waals surface area (Å²) in [6.07, 6.45) is 1.27. The van der Waals surface area contributed by atoms with E-state index in [1.54, 1.807) is 19.1 Å². The molecular formula is C14H12N2O4. The van der Waals surface area contributed by atoms with Gasteiger partial charge in [0.25, 0.3) is 0 Å². The molecule has 0 unspecified atom stereocenters. The van der Waals surface area contributed by atoms with Crippen molar-refractivity contribution in [2.75, 3.05) is 0 Å². The molecule has 0 aliphatic carbocycles. The third-order valence-corrected chi connectivity index (χ3v) is 2.67. The second kappa shape index (κ2) is 5.40. The van der Waals surface area contributed by atoms with Crippen molar-refractivity contribution in [3.05, 3.63) is 53.2 Å². The highest BCUT2D eigenvalue weighted by atomic mass is 16.5. The molecule has 0 aliphatic heterocycles. The molecular weight excluding hydrogens is 260 g/mol. The smallest absolute Gasteiger partial charge is 0.339 e. The van der Waals surface area contributed by atoms with Crippen LogP contribution in [0.25, 0.3) is 0 Å². The van der Waals surface area contributed by atoms with E-state index in [1.807, 2.05) is 0 Å². The molecule has 0 aliphatic rings. The third kappa shape index (κ3) is 2.74. The number of ether oxygens (including phenoxy) is 1. The minimum Gasteiger partial charge on any atom is -0.478 e. The van der Waals surface area contributed by atoms with E-state index in [-0.39, 0.29) is 22.8 Å². The number of amides is 1. The maximum atomic E-state index is 11.1. The van der Waals surface area contributed by atoms with Crippen LogP contribution in [0.15, 0.2) is 36.5 Å². The maximum absolute atomic E-state index is 11.1. The lowest BCUT2D eigenvalue weighted by Crippen LogP contribution is -2.11. The van der Waals surface area contributed by atoms with Crippen molar-refractivity contribution >= 4 is 11.9 Å². The van der Waals surface area contributed by atoms with E-state index in [2.05, 4.69) is 4.98 Å². The van der Waals surface area contributed by atoms with Crippen LogP contribution >= 0.6 is 0 Å². The summed E-state index contributed by atoms with van der Waals surface area (Å²) in [6.45, 7) is 1.74. The summed E-state index contributed by atoms with van der Waals surface area (Å²) < 4.78 is 5.49. The minimum absolute atomic E-state index is 0.0470. The maximum Gasteiger partial charge on any atom is 0.339 e. The summed E-state index contributed by atoms with van der Waals surface area (Å²) in [4.78, 5) is 26.0. The number of para-hydroxylation sites is 1. The number of primary amides is 1. The number of aryl methyl sites for hydroxylation is 1. The molecule has 0 radical (unpaired) electrons. The number of hydrogen-bond donors (Lipinski definition) is 2. The molecule has 1 heterocycles. The first kappa shape index (κ1) is 13.5. The van der Waals surface area contributed by atoms with Gasteiger partial charge >= 0.3 is 5.97 Å². The van der Waals surface area contributed by atoms with E-state index in [4.69, 9.17) is 15.6 Å². The monoisotopic (exact) mass is 272 g/mol. The largest absolute Gasteiger partial charge is 0.478 e. The average Bonchev–Trinajstić information content (AvgIpc) is 2.41. The lowest BCUT2D eigenvalue weighted by molar-refractivity contribution is 0.0693. The normalized spacial score (nSPS) is 10.1. The summed E-state index contributed by atoms with van der Waals surface area (Å²) in [5.74, 6) is -1.27. The van der Waals surface area contributed by atoms with Gasteiger partial charge in [-0.2, -0.15) is 0 Å². The number of nitrogens with zero attached hydrogens (tertiary/aromatic N) is 1. The molecule has 2 aromatic rings. The van der Waals surface area contributed by atoms with Crippen LogP contribution in [-0.2, 0) is 0 Å². The van der Waals surface area contributed by atoms with Crippen molar-refractivity contribution in [2.24, 2.45) is 5.73 Å². The number of carboxylic acid groups (broad SMARTS) is 1. The van der Waals surface area contributed by atoms with Crippen LogP contribution in [0, 0.1) is 6.92 Å². The van der Waals surface area contributed by atoms with E-state index in [1.165, 1.54) is 24.4 Å². The first-order valence-electron chi connectivity index (χ1n) is 5.75. The molecule has 0 fully saturated rings. The first-order valence-corrected chi connectivity index (χ1v) is 5.75. The van der Waals surface area contributed by atoms with Gasteiger partial charge in [0.15, 0.2) is 0 Å². The molecule has 1 aromatic carbocycles. The Morgan fingerprint density at radius 1 is 1.25 bits per heavy atom. The van der Waals surface area contributed by atoms with E-state index in [0.29, 0.717) is 5.56 Å². The van der Waals surface area contributed by atoms with Gasteiger partial charge in [0.2, 0.25) is 11.8 Å². The Kier molecular flexibility index (Phi) is 3.65. The van der Waals surface area contributed by atoms with Crippen LogP contribution in [0.1, 0.15) is 26.3 Å². The average molecular weight is 272 g/mol. The second-order valence-electron chi connectivity index (χ2n) is 4.11. The zero-order valence-corrected chi connectivity index (χ0v) is 10.7. The van der Waals surface area contributed by atoms with Crippen molar-refractivity contribution in [1.82, 2.24) is 4.98 Å². The molecule has 1 aromatic heterocycles. The zero-order chi connectivity index (χ0) is 14.7. The Morgan fingerprint density at radius 3 is 2.55 bits per heavy atom. The van der Waals surface area contributed by atoms with Crippen LogP contribution in [0.3, 0.4) is 0 Å². The first-order chi connectivity index (χ1) is 9.49. The Bertz CT molecular complexity index is 665. The molecule has 2 rings (SSSR count). The number of carbonyl (C=O) groups is 2. The number of benzene rings is 1. The third-order valence-electron chi connectivity index (χ3n) is 2.67. The van der Waals surface area contributed by atoms with Crippen LogP contribution < -0.4 is 10.5 Å². The van der Waals surface area contributed by atoms with Crippen molar-refractivity contribution in [3.63, 3.8) is 0 Å². The van der Waals surface area contributed by atoms with Gasteiger partial charge < -0.3 is 15.6 Å². The number of hydrogen-bond acceptors (Lipinski definition) is 4. The lowest BCUT2D eigenvalue weighted by Gasteiger charge is -2.10. The van der Waals surface area contributed by atoms with Gasteiger partial charge in [-0.15, -0.1) is 0 Å². The molecule has 0 bridgehead atoms. The number of pyridine rings is 1. The van der Waals surface area contributed by atoms with Crippen molar-refractivity contribution < 1.29 is 19.4 Å². The Labute approximate surface area is 114 Å². The summed E-state index contributed by atoms with van der Waals surface area (Å²) >= 11 is 0. The van der Waals surface area contributed by atoms with Gasteiger partial charge in [0.05, 0.1) is 5.56 Å². The number of carbonyl (C=O) groups excluding carboxylic acids is 1. The zero-order valence-electron chi connectivity index (χ0n) is 10.7. The molecule has 0 saturated heterocycles. The second-order valence-corrected chi connectivity index (χ2v) is 4.11. The fraction of sp³-hybridized carbons (Fsp3) is 0.0714. The molecule has 6 nitrogen and oxygen atoms in total. The summed E-state index contributed by atoms with van der Waals surface area (Å²) in [6, 6.07) is 7.73. The van der Waals surface area contributed by atoms with Crippen LogP contribution in [0.4, 0.5) is 0 Å². The molecule has 1 amide bonds. The molecule has 102 valence electrons. The van der Waals surface area contributed by atoms with Crippen LogP contribution in [0.5, 0.6) is 11.6 Å². The minimum atomic E-state index is -1.09. The summed E-state index contributed by atoms with van der Waals surface area (Å²) in [5, 5.41) is 9.12. The molecule has 0 atom stereocenters. The Morgan fingerprint density at radius 2 is 2.00 bits per heavy atom. The number of nitrogens with two attached hydrogens (primary N) is 1. The SMILES string of the molecule is Cc1cccc(C(=O)O)c1Oc1ccc(C(N)=O)cn1. The fourth-order valence-electron chi connectivity index (χ4n) is 1.65. The van der Waals surface area contributed by atoms with Gasteiger partial charge in [0, 0.05) is 12.3 Å². The highest BCUT2D eigenvalue weighted by Crippen LogP contribution is 2.28. The molecule has 20 heavy (non-hydrogen) atoms. The molecule has 0 spiro atoms. The quantitative estimate of drug-likeness (QED) is 0.885. The fourth-order valence-corrected chi connectivity index (χ4v) is 1.65. The van der Waals surface area contributed by atoms with E-state index in [9.17, 15) is 9.59 Å². The van der Waals surface area contributed by atoms with Gasteiger partial charge in [-0.05, 0) is 24.6 Å². The molecule has 0 saturated carbocycles. The van der Waals surface area contributed by atoms with Gasteiger partial charge in [0.1, 0.15) is 11.3 Å². The van der Waals surface area contributed by atoms with Crippen LogP contribution in [0.2, 0.25) is 0 Å². The molecule has 3 N–H and O–H groups in total. The Hall–Kier alpha value is -2.89. The topological polar surface area (TPSA) is 103 Å². The highest BCUT2D eigenvalue weighted by molar-refractivity contribution is 5.92. The standard InChI is InChI=1S/C14H12N2O4/c1-8-3-2-4-10(14(18)19)12(8)20-11-6-5-9(7-16-11)13(15)17/h2-7H,1H3,(H2,15,17)(H,18,19). The number of carboxylic acids is 1. The predicted octanol–water partition coefficient (Wildman–Crippen LogP) is 1.98. The van der Waals surface area contributed by atoms with Crippen molar-refractivity contribution in [3.8, 4) is 11.6 Å². The molecule has 6 heteroatoms. The van der Waals surface area contributed by atoms with Gasteiger partial charge in [-0.25, -0.2) is 9.78 Å². The van der Waals surface area contributed by atoms with E-state index >= 15 is 0 Å². The summed E-state index contributed by atoms with van der Waals surface area (Å²) in [5.41, 5.74) is 6.08. The number of aromatic carboxylic acids is 1.